The van der Waals surface area contributed by atoms with Crippen LogP contribution in [0.1, 0.15) is 427 Å². The number of aliphatic hydroxyl groups excluding tert-OH is 1. The number of carbonyl (C=O) groups excluding carboxylic acids is 4. The van der Waals surface area contributed by atoms with E-state index < -0.39 is 97.5 Å². The van der Waals surface area contributed by atoms with Crippen molar-refractivity contribution in [2.24, 2.45) is 17.8 Å². The predicted octanol–water partition coefficient (Wildman–Crippen LogP) is 24.5. The van der Waals surface area contributed by atoms with Crippen LogP contribution in [0.15, 0.2) is 0 Å². The Kier molecular flexibility index (Phi) is 70.9. The summed E-state index contributed by atoms with van der Waals surface area (Å²) in [5.41, 5.74) is 0. The van der Waals surface area contributed by atoms with Gasteiger partial charge in [-0.3, -0.25) is 37.3 Å². The van der Waals surface area contributed by atoms with Crippen LogP contribution in [0.2, 0.25) is 0 Å². The molecule has 0 rings (SSSR count). The fourth-order valence-corrected chi connectivity index (χ4v) is 14.2. The Morgan fingerprint density at radius 2 is 0.455 bits per heavy atom. The molecule has 0 aliphatic heterocycles. The first-order valence-corrected chi connectivity index (χ1v) is 45.3. The molecule has 0 aliphatic rings. The normalized spacial score (nSPS) is 14.0. The van der Waals surface area contributed by atoms with Crippen molar-refractivity contribution in [2.45, 2.75) is 446 Å². The molecule has 0 amide bonds. The highest BCUT2D eigenvalue weighted by Gasteiger charge is 2.30. The summed E-state index contributed by atoms with van der Waals surface area (Å²) in [6.45, 7) is 11.9. The van der Waals surface area contributed by atoms with Gasteiger partial charge in [0.1, 0.15) is 19.3 Å². The summed E-state index contributed by atoms with van der Waals surface area (Å²) >= 11 is 0. The molecule has 0 fully saturated rings. The Balaban J connectivity index is 5.21. The summed E-state index contributed by atoms with van der Waals surface area (Å²) in [4.78, 5) is 73.0. The summed E-state index contributed by atoms with van der Waals surface area (Å²) in [7, 11) is -9.92. The molecule has 3 N–H and O–H groups in total. The van der Waals surface area contributed by atoms with Gasteiger partial charge in [0.15, 0.2) is 12.2 Å². The van der Waals surface area contributed by atoms with E-state index >= 15 is 0 Å². The van der Waals surface area contributed by atoms with Crippen molar-refractivity contribution in [2.75, 3.05) is 39.6 Å². The van der Waals surface area contributed by atoms with Crippen LogP contribution in [0.5, 0.6) is 0 Å². The Hall–Kier alpha value is -1.94. The molecule has 2 unspecified atom stereocenters. The molecule has 17 nitrogen and oxygen atoms in total. The first kappa shape index (κ1) is 99.1. The zero-order valence-corrected chi connectivity index (χ0v) is 68.2. The lowest BCUT2D eigenvalue weighted by atomic mass is 10.0. The van der Waals surface area contributed by atoms with E-state index in [4.69, 9.17) is 37.0 Å². The van der Waals surface area contributed by atoms with Crippen molar-refractivity contribution < 1.29 is 80.2 Å². The highest BCUT2D eigenvalue weighted by atomic mass is 31.2. The maximum atomic E-state index is 13.1. The molecular weight excluding hydrogens is 1320 g/mol. The van der Waals surface area contributed by atoms with E-state index in [0.717, 1.165) is 108 Å². The number of hydrogen-bond acceptors (Lipinski definition) is 15. The Labute approximate surface area is 619 Å². The van der Waals surface area contributed by atoms with Gasteiger partial charge in [0.05, 0.1) is 26.4 Å². The van der Waals surface area contributed by atoms with Crippen LogP contribution in [-0.4, -0.2) is 96.7 Å². The van der Waals surface area contributed by atoms with Gasteiger partial charge in [-0.25, -0.2) is 9.13 Å². The topological polar surface area (TPSA) is 237 Å². The Morgan fingerprint density at radius 3 is 0.673 bits per heavy atom. The fraction of sp³-hybridized carbons (Fsp3) is 0.951. The lowest BCUT2D eigenvalue weighted by Gasteiger charge is -2.21. The van der Waals surface area contributed by atoms with Crippen LogP contribution in [0.25, 0.3) is 0 Å². The van der Waals surface area contributed by atoms with Crippen molar-refractivity contribution >= 4 is 39.5 Å². The van der Waals surface area contributed by atoms with Gasteiger partial charge in [0, 0.05) is 25.7 Å². The molecule has 0 spiro atoms. The summed E-state index contributed by atoms with van der Waals surface area (Å²) < 4.78 is 68.7. The van der Waals surface area contributed by atoms with E-state index in [9.17, 15) is 43.2 Å². The minimum Gasteiger partial charge on any atom is -0.462 e. The first-order chi connectivity index (χ1) is 48.7. The number of carbonyl (C=O) groups is 4. The molecule has 600 valence electrons. The summed E-state index contributed by atoms with van der Waals surface area (Å²) in [6, 6.07) is 0. The highest BCUT2D eigenvalue weighted by Crippen LogP contribution is 2.45. The molecule has 0 aromatic carbocycles. The van der Waals surface area contributed by atoms with Gasteiger partial charge in [-0.05, 0) is 43.4 Å². The summed E-state index contributed by atoms with van der Waals surface area (Å²) in [5.74, 6) is 0.149. The van der Waals surface area contributed by atoms with Gasteiger partial charge in [-0.15, -0.1) is 0 Å². The van der Waals surface area contributed by atoms with Crippen LogP contribution < -0.4 is 0 Å². The largest absolute Gasteiger partial charge is 0.472 e. The number of aliphatic hydroxyl groups is 1. The lowest BCUT2D eigenvalue weighted by molar-refractivity contribution is -0.161. The van der Waals surface area contributed by atoms with Gasteiger partial charge >= 0.3 is 39.5 Å². The van der Waals surface area contributed by atoms with Gasteiger partial charge in [0.25, 0.3) is 0 Å². The molecule has 0 aliphatic carbocycles. The zero-order chi connectivity index (χ0) is 74.4. The second-order valence-electron chi connectivity index (χ2n) is 30.9. The third-order valence-corrected chi connectivity index (χ3v) is 21.0. The first-order valence-electron chi connectivity index (χ1n) is 42.3. The van der Waals surface area contributed by atoms with Crippen LogP contribution in [0.3, 0.4) is 0 Å². The third-order valence-electron chi connectivity index (χ3n) is 19.1. The Morgan fingerprint density at radius 1 is 0.267 bits per heavy atom. The van der Waals surface area contributed by atoms with Gasteiger partial charge < -0.3 is 33.8 Å². The van der Waals surface area contributed by atoms with E-state index in [2.05, 4.69) is 48.5 Å². The molecule has 101 heavy (non-hydrogen) atoms. The van der Waals surface area contributed by atoms with E-state index in [0.29, 0.717) is 31.6 Å². The van der Waals surface area contributed by atoms with Gasteiger partial charge in [-0.2, -0.15) is 0 Å². The molecule has 0 bridgehead atoms. The maximum Gasteiger partial charge on any atom is 0.472 e. The average molecular weight is 1480 g/mol. The van der Waals surface area contributed by atoms with Crippen LogP contribution in [-0.2, 0) is 65.4 Å². The molecule has 0 radical (unpaired) electrons. The molecule has 0 heterocycles. The smallest absolute Gasteiger partial charge is 0.462 e. The monoisotopic (exact) mass is 1480 g/mol. The lowest BCUT2D eigenvalue weighted by Crippen LogP contribution is -2.30. The minimum absolute atomic E-state index is 0.105. The van der Waals surface area contributed by atoms with Crippen LogP contribution >= 0.6 is 15.6 Å². The number of ether oxygens (including phenoxy) is 4. The molecule has 0 saturated heterocycles. The Bertz CT molecular complexity index is 1960. The number of esters is 4. The molecule has 0 aromatic heterocycles. The average Bonchev–Trinajstić information content (AvgIpc) is 0.983. The highest BCUT2D eigenvalue weighted by molar-refractivity contribution is 7.47. The molecular formula is C82H160O17P2. The number of unbranched alkanes of at least 4 members (excludes halogenated alkanes) is 48. The molecule has 0 aromatic rings. The van der Waals surface area contributed by atoms with Crippen LogP contribution in [0, 0.1) is 17.8 Å². The fourth-order valence-electron chi connectivity index (χ4n) is 12.7. The molecule has 0 saturated carbocycles. The summed E-state index contributed by atoms with van der Waals surface area (Å²) in [5, 5.41) is 10.6. The van der Waals surface area contributed by atoms with Crippen molar-refractivity contribution in [1.82, 2.24) is 0 Å². The summed E-state index contributed by atoms with van der Waals surface area (Å²) in [6.07, 6.45) is 61.3. The molecule has 5 atom stereocenters. The maximum absolute atomic E-state index is 13.1. The SMILES string of the molecule is CCCCCCCCCCCCCCCCCCCCC(=O)OC[C@H](COP(=O)(O)OC[C@@H](O)COP(=O)(O)OC[C@@H](COC(=O)CCCCCCCCCC(C)C)OC(=O)CCCCCCCCCCCC(C)C)OC(=O)CCCCCCCCCCCCCCCCCCCCC(C)C. The van der Waals surface area contributed by atoms with E-state index in [1.165, 1.54) is 231 Å². The van der Waals surface area contributed by atoms with Crippen LogP contribution in [0.4, 0.5) is 0 Å². The van der Waals surface area contributed by atoms with Gasteiger partial charge in [0.2, 0.25) is 0 Å². The van der Waals surface area contributed by atoms with Gasteiger partial charge in [-0.1, -0.05) is 376 Å². The van der Waals surface area contributed by atoms with Crippen molar-refractivity contribution in [3.8, 4) is 0 Å². The second kappa shape index (κ2) is 72.3. The van der Waals surface area contributed by atoms with Crippen molar-refractivity contribution in [3.63, 3.8) is 0 Å². The third kappa shape index (κ3) is 76.1. The zero-order valence-electron chi connectivity index (χ0n) is 66.4. The van der Waals surface area contributed by atoms with Crippen molar-refractivity contribution in [1.29, 1.82) is 0 Å². The predicted molar refractivity (Wildman–Crippen MR) is 414 cm³/mol. The quantitative estimate of drug-likeness (QED) is 0.0222. The number of hydrogen-bond donors (Lipinski definition) is 3. The number of phosphoric acid groups is 2. The standard InChI is InChI=1S/C82H160O17P2/c1-8-9-10-11-12-13-14-15-16-17-21-24-27-30-35-42-49-56-63-79(84)92-69-77(98-81(86)65-58-51-43-36-31-28-25-22-19-18-20-23-26-29-33-39-46-53-60-73(2)3)71-96-100(88,89)94-67-76(83)68-95-101(90,91)97-72-78(70-93-80(85)64-57-50-45-38-41-48-55-62-75(6)7)99-82(87)66-59-52-44-37-32-34-40-47-54-61-74(4)5/h73-78,83H,8-72H2,1-7H3,(H,88,89)(H,90,91)/t76-,77-,78-/m1/s1. The van der Waals surface area contributed by atoms with E-state index in [-0.39, 0.29) is 25.7 Å². The minimum atomic E-state index is -4.96. The number of rotatable bonds is 80. The number of phosphoric ester groups is 2. The van der Waals surface area contributed by atoms with E-state index in [1.807, 2.05) is 0 Å². The molecule has 19 heteroatoms. The van der Waals surface area contributed by atoms with Crippen molar-refractivity contribution in [3.05, 3.63) is 0 Å². The van der Waals surface area contributed by atoms with E-state index in [1.54, 1.807) is 0 Å². The second-order valence-corrected chi connectivity index (χ2v) is 33.8.